The number of carbonyl (C=O) groups is 1. The van der Waals surface area contributed by atoms with Crippen LogP contribution in [0.5, 0.6) is 0 Å². The summed E-state index contributed by atoms with van der Waals surface area (Å²) < 4.78 is 3.29. The molecule has 1 aromatic carbocycles. The molecular formula is C16H17ClN6O. The van der Waals surface area contributed by atoms with Gasteiger partial charge < -0.3 is 0 Å². The van der Waals surface area contributed by atoms with Gasteiger partial charge in [-0.25, -0.2) is 9.67 Å². The van der Waals surface area contributed by atoms with E-state index >= 15 is 0 Å². The summed E-state index contributed by atoms with van der Waals surface area (Å²) in [5.41, 5.74) is 2.82. The first-order valence-electron chi connectivity index (χ1n) is 7.44. The number of carbonyl (C=O) groups excluding carboxylic acids is 1. The molecule has 0 atom stereocenters. The highest BCUT2D eigenvalue weighted by Gasteiger charge is 2.10. The number of hydrogen-bond acceptors (Lipinski definition) is 4. The Hall–Kier alpha value is -2.67. The van der Waals surface area contributed by atoms with Crippen molar-refractivity contribution < 1.29 is 4.79 Å². The highest BCUT2D eigenvalue weighted by Crippen LogP contribution is 2.12. The predicted molar refractivity (Wildman–Crippen MR) is 90.9 cm³/mol. The molecule has 0 unspecified atom stereocenters. The van der Waals surface area contributed by atoms with Crippen molar-refractivity contribution in [2.24, 2.45) is 0 Å². The van der Waals surface area contributed by atoms with Gasteiger partial charge in [-0.1, -0.05) is 23.7 Å². The first-order valence-corrected chi connectivity index (χ1v) is 7.82. The van der Waals surface area contributed by atoms with Crippen molar-refractivity contribution >= 4 is 23.5 Å². The normalized spacial score (nSPS) is 10.8. The molecule has 1 N–H and O–H groups in total. The standard InChI is InChI=1S/C16H17ClN6O/c1-11-6-12(2)23(20-11)9-15(24)19-16-18-10-22(21-16)8-13-4-3-5-14(17)7-13/h3-7,10H,8-9H2,1-2H3,(H,19,21,24). The Labute approximate surface area is 144 Å². The number of nitrogens with zero attached hydrogens (tertiary/aromatic N) is 5. The van der Waals surface area contributed by atoms with Crippen LogP contribution in [0.15, 0.2) is 36.7 Å². The SMILES string of the molecule is Cc1cc(C)n(CC(=O)Nc2ncn(Cc3cccc(Cl)c3)n2)n1. The van der Waals surface area contributed by atoms with Crippen LogP contribution in [-0.4, -0.2) is 30.5 Å². The van der Waals surface area contributed by atoms with Gasteiger partial charge in [-0.15, -0.1) is 5.10 Å². The van der Waals surface area contributed by atoms with Gasteiger partial charge in [-0.3, -0.25) is 14.8 Å². The van der Waals surface area contributed by atoms with Crippen LogP contribution in [0, 0.1) is 13.8 Å². The number of benzene rings is 1. The summed E-state index contributed by atoms with van der Waals surface area (Å²) in [5, 5.41) is 11.9. The minimum Gasteiger partial charge on any atom is -0.292 e. The third kappa shape index (κ3) is 3.99. The Bertz CT molecular complexity index is 869. The molecule has 0 radical (unpaired) electrons. The van der Waals surface area contributed by atoms with E-state index in [9.17, 15) is 4.79 Å². The van der Waals surface area contributed by atoms with Gasteiger partial charge in [0.05, 0.1) is 12.2 Å². The van der Waals surface area contributed by atoms with Crippen LogP contribution in [-0.2, 0) is 17.9 Å². The van der Waals surface area contributed by atoms with E-state index in [1.165, 1.54) is 0 Å². The second kappa shape index (κ2) is 6.84. The maximum Gasteiger partial charge on any atom is 0.248 e. The van der Waals surface area contributed by atoms with Crippen molar-refractivity contribution in [2.75, 3.05) is 5.32 Å². The lowest BCUT2D eigenvalue weighted by atomic mass is 10.2. The summed E-state index contributed by atoms with van der Waals surface area (Å²) in [4.78, 5) is 16.2. The first-order chi connectivity index (χ1) is 11.5. The molecule has 24 heavy (non-hydrogen) atoms. The van der Waals surface area contributed by atoms with E-state index in [2.05, 4.69) is 20.5 Å². The molecule has 0 fully saturated rings. The van der Waals surface area contributed by atoms with Gasteiger partial charge in [0.2, 0.25) is 11.9 Å². The number of anilines is 1. The summed E-state index contributed by atoms with van der Waals surface area (Å²) in [6.45, 7) is 4.45. The van der Waals surface area contributed by atoms with Gasteiger partial charge >= 0.3 is 0 Å². The van der Waals surface area contributed by atoms with Crippen molar-refractivity contribution in [2.45, 2.75) is 26.9 Å². The van der Waals surface area contributed by atoms with E-state index in [0.29, 0.717) is 11.6 Å². The van der Waals surface area contributed by atoms with Gasteiger partial charge in [0, 0.05) is 10.7 Å². The van der Waals surface area contributed by atoms with Crippen LogP contribution in [0.2, 0.25) is 5.02 Å². The number of rotatable bonds is 5. The molecule has 1 amide bonds. The maximum absolute atomic E-state index is 12.1. The molecule has 0 spiro atoms. The lowest BCUT2D eigenvalue weighted by molar-refractivity contribution is -0.117. The fraction of sp³-hybridized carbons (Fsp3) is 0.250. The van der Waals surface area contributed by atoms with Gasteiger partial charge in [0.15, 0.2) is 0 Å². The first kappa shape index (κ1) is 16.2. The minimum absolute atomic E-state index is 0.127. The van der Waals surface area contributed by atoms with Crippen LogP contribution >= 0.6 is 11.6 Å². The second-order valence-electron chi connectivity index (χ2n) is 5.53. The molecule has 8 heteroatoms. The number of aryl methyl sites for hydroxylation is 2. The zero-order valence-corrected chi connectivity index (χ0v) is 14.2. The van der Waals surface area contributed by atoms with E-state index in [1.54, 1.807) is 15.7 Å². The molecule has 0 aliphatic carbocycles. The van der Waals surface area contributed by atoms with E-state index < -0.39 is 0 Å². The van der Waals surface area contributed by atoms with Gasteiger partial charge in [-0.05, 0) is 37.6 Å². The van der Waals surface area contributed by atoms with Gasteiger partial charge in [-0.2, -0.15) is 5.10 Å². The monoisotopic (exact) mass is 344 g/mol. The van der Waals surface area contributed by atoms with Gasteiger partial charge in [0.1, 0.15) is 12.9 Å². The number of hydrogen-bond donors (Lipinski definition) is 1. The Morgan fingerprint density at radius 1 is 1.25 bits per heavy atom. The molecule has 7 nitrogen and oxygen atoms in total. The Morgan fingerprint density at radius 2 is 2.08 bits per heavy atom. The summed E-state index contributed by atoms with van der Waals surface area (Å²) in [7, 11) is 0. The highest BCUT2D eigenvalue weighted by atomic mass is 35.5. The summed E-state index contributed by atoms with van der Waals surface area (Å²) in [6.07, 6.45) is 1.57. The highest BCUT2D eigenvalue weighted by molar-refractivity contribution is 6.30. The zero-order valence-electron chi connectivity index (χ0n) is 13.4. The maximum atomic E-state index is 12.1. The molecule has 3 aromatic rings. The lowest BCUT2D eigenvalue weighted by Crippen LogP contribution is -2.21. The Morgan fingerprint density at radius 3 is 2.79 bits per heavy atom. The lowest BCUT2D eigenvalue weighted by Gasteiger charge is -2.04. The average Bonchev–Trinajstić information content (AvgIpc) is 3.05. The van der Waals surface area contributed by atoms with Crippen molar-refractivity contribution in [3.8, 4) is 0 Å². The van der Waals surface area contributed by atoms with Crippen molar-refractivity contribution in [3.63, 3.8) is 0 Å². The second-order valence-corrected chi connectivity index (χ2v) is 5.97. The number of amides is 1. The molecular weight excluding hydrogens is 328 g/mol. The summed E-state index contributed by atoms with van der Waals surface area (Å²) in [5.74, 6) is 0.0465. The molecule has 124 valence electrons. The van der Waals surface area contributed by atoms with E-state index in [-0.39, 0.29) is 18.4 Å². The summed E-state index contributed by atoms with van der Waals surface area (Å²) in [6, 6.07) is 9.44. The van der Waals surface area contributed by atoms with Crippen molar-refractivity contribution in [3.05, 3.63) is 58.6 Å². The molecule has 0 saturated heterocycles. The topological polar surface area (TPSA) is 77.6 Å². The Kier molecular flexibility index (Phi) is 4.61. The number of halogens is 1. The quantitative estimate of drug-likeness (QED) is 0.771. The zero-order chi connectivity index (χ0) is 17.1. The molecule has 2 heterocycles. The molecule has 0 bridgehead atoms. The molecule has 2 aromatic heterocycles. The number of aromatic nitrogens is 5. The van der Waals surface area contributed by atoms with E-state index in [0.717, 1.165) is 17.0 Å². The molecule has 0 saturated carbocycles. The smallest absolute Gasteiger partial charge is 0.248 e. The van der Waals surface area contributed by atoms with Crippen LogP contribution in [0.25, 0.3) is 0 Å². The molecule has 0 aliphatic rings. The van der Waals surface area contributed by atoms with Crippen LogP contribution in [0.1, 0.15) is 17.0 Å². The minimum atomic E-state index is -0.221. The van der Waals surface area contributed by atoms with Gasteiger partial charge in [0.25, 0.3) is 0 Å². The largest absolute Gasteiger partial charge is 0.292 e. The Balaban J connectivity index is 1.61. The molecule has 3 rings (SSSR count). The number of nitrogens with one attached hydrogen (secondary N) is 1. The van der Waals surface area contributed by atoms with Crippen LogP contribution < -0.4 is 5.32 Å². The van der Waals surface area contributed by atoms with E-state index in [4.69, 9.17) is 11.6 Å². The average molecular weight is 345 g/mol. The van der Waals surface area contributed by atoms with Crippen molar-refractivity contribution in [1.82, 2.24) is 24.5 Å². The van der Waals surface area contributed by atoms with Crippen molar-refractivity contribution in [1.29, 1.82) is 0 Å². The third-order valence-corrected chi connectivity index (χ3v) is 3.65. The van der Waals surface area contributed by atoms with Crippen LogP contribution in [0.3, 0.4) is 0 Å². The van der Waals surface area contributed by atoms with E-state index in [1.807, 2.05) is 44.2 Å². The summed E-state index contributed by atoms with van der Waals surface area (Å²) >= 11 is 5.97. The third-order valence-electron chi connectivity index (χ3n) is 3.42. The van der Waals surface area contributed by atoms with Crippen LogP contribution in [0.4, 0.5) is 5.95 Å². The predicted octanol–water partition coefficient (Wildman–Crippen LogP) is 2.43. The molecule has 0 aliphatic heterocycles. The fourth-order valence-electron chi connectivity index (χ4n) is 2.39. The fourth-order valence-corrected chi connectivity index (χ4v) is 2.60.